The van der Waals surface area contributed by atoms with Gasteiger partial charge in [-0.25, -0.2) is 4.39 Å². The molecule has 19 heavy (non-hydrogen) atoms. The van der Waals surface area contributed by atoms with E-state index >= 15 is 0 Å². The Bertz CT molecular complexity index is 485. The van der Waals surface area contributed by atoms with Crippen LogP contribution in [0.2, 0.25) is 0 Å². The summed E-state index contributed by atoms with van der Waals surface area (Å²) in [5.74, 6) is -0.189. The minimum atomic E-state index is -0.189. The average molecular weight is 298 g/mol. The van der Waals surface area contributed by atoms with Crippen molar-refractivity contribution in [3.63, 3.8) is 0 Å². The van der Waals surface area contributed by atoms with E-state index in [0.29, 0.717) is 0 Å². The zero-order chi connectivity index (χ0) is 12.8. The predicted molar refractivity (Wildman–Crippen MR) is 82.4 cm³/mol. The minimum Gasteiger partial charge on any atom is -0.309 e. The monoisotopic (exact) mass is 297 g/mol. The third-order valence-electron chi connectivity index (χ3n) is 2.73. The fourth-order valence-corrected chi connectivity index (χ4v) is 2.11. The largest absolute Gasteiger partial charge is 0.309 e. The highest BCUT2D eigenvalue weighted by Gasteiger charge is 1.96. The number of halogens is 2. The van der Waals surface area contributed by atoms with Crippen LogP contribution in [-0.2, 0) is 13.1 Å². The van der Waals surface area contributed by atoms with E-state index in [1.807, 2.05) is 0 Å². The van der Waals surface area contributed by atoms with Crippen LogP contribution in [0.15, 0.2) is 53.4 Å². The van der Waals surface area contributed by atoms with E-state index in [9.17, 15) is 4.39 Å². The topological polar surface area (TPSA) is 12.0 Å². The van der Waals surface area contributed by atoms with E-state index in [1.54, 1.807) is 23.9 Å². The summed E-state index contributed by atoms with van der Waals surface area (Å²) >= 11 is 1.74. The standard InChI is InChI=1S/C15H16FNS.ClH/c1-18-15-8-4-13(5-9-15)11-17-10-12-2-6-14(16)7-3-12;/h2-9,17H,10-11H2,1H3;1H. The molecule has 0 spiro atoms. The van der Waals surface area contributed by atoms with Gasteiger partial charge in [-0.2, -0.15) is 0 Å². The first-order valence-electron chi connectivity index (χ1n) is 5.86. The predicted octanol–water partition coefficient (Wildman–Crippen LogP) is 4.26. The average Bonchev–Trinajstić information content (AvgIpc) is 2.42. The van der Waals surface area contributed by atoms with Crippen LogP contribution in [0.1, 0.15) is 11.1 Å². The Morgan fingerprint density at radius 2 is 1.37 bits per heavy atom. The molecular weight excluding hydrogens is 281 g/mol. The molecule has 0 unspecified atom stereocenters. The second kappa shape index (κ2) is 8.20. The summed E-state index contributed by atoms with van der Waals surface area (Å²) in [6, 6.07) is 15.1. The maximum absolute atomic E-state index is 12.7. The Balaban J connectivity index is 0.00000180. The molecule has 0 amide bonds. The van der Waals surface area contributed by atoms with Gasteiger partial charge in [0.2, 0.25) is 0 Å². The van der Waals surface area contributed by atoms with E-state index in [0.717, 1.165) is 18.7 Å². The lowest BCUT2D eigenvalue weighted by Gasteiger charge is -2.06. The molecule has 0 aliphatic rings. The van der Waals surface area contributed by atoms with Crippen LogP contribution in [-0.4, -0.2) is 6.26 Å². The molecule has 1 N–H and O–H groups in total. The van der Waals surface area contributed by atoms with Crippen molar-refractivity contribution in [1.82, 2.24) is 5.32 Å². The maximum Gasteiger partial charge on any atom is 0.123 e. The SMILES string of the molecule is CSc1ccc(CNCc2ccc(F)cc2)cc1.Cl. The first-order chi connectivity index (χ1) is 8.78. The van der Waals surface area contributed by atoms with Crippen LogP contribution in [0, 0.1) is 5.82 Å². The molecule has 2 rings (SSSR count). The molecule has 0 saturated heterocycles. The lowest BCUT2D eigenvalue weighted by atomic mass is 10.2. The summed E-state index contributed by atoms with van der Waals surface area (Å²) in [4.78, 5) is 1.28. The molecule has 0 fully saturated rings. The molecule has 0 aromatic heterocycles. The second-order valence-corrected chi connectivity index (χ2v) is 4.96. The highest BCUT2D eigenvalue weighted by Crippen LogP contribution is 2.14. The Labute approximate surface area is 124 Å². The molecule has 0 aliphatic heterocycles. The molecule has 0 saturated carbocycles. The molecule has 102 valence electrons. The number of thioether (sulfide) groups is 1. The van der Waals surface area contributed by atoms with Gasteiger partial charge in [-0.3, -0.25) is 0 Å². The quantitative estimate of drug-likeness (QED) is 0.828. The fourth-order valence-electron chi connectivity index (χ4n) is 1.70. The third-order valence-corrected chi connectivity index (χ3v) is 3.47. The summed E-state index contributed by atoms with van der Waals surface area (Å²) in [7, 11) is 0. The van der Waals surface area contributed by atoms with Crippen LogP contribution in [0.4, 0.5) is 4.39 Å². The molecule has 2 aromatic carbocycles. The molecule has 0 heterocycles. The summed E-state index contributed by atoms with van der Waals surface area (Å²) in [5, 5.41) is 3.35. The summed E-state index contributed by atoms with van der Waals surface area (Å²) in [6.45, 7) is 1.58. The van der Waals surface area contributed by atoms with E-state index in [4.69, 9.17) is 0 Å². The van der Waals surface area contributed by atoms with Gasteiger partial charge < -0.3 is 5.32 Å². The Hall–Kier alpha value is -1.03. The zero-order valence-corrected chi connectivity index (χ0v) is 12.4. The van der Waals surface area contributed by atoms with Crippen LogP contribution < -0.4 is 5.32 Å². The summed E-state index contributed by atoms with van der Waals surface area (Å²) in [6.07, 6.45) is 2.07. The number of hydrogen-bond donors (Lipinski definition) is 1. The number of benzene rings is 2. The first-order valence-corrected chi connectivity index (χ1v) is 7.08. The molecule has 0 bridgehead atoms. The van der Waals surface area contributed by atoms with Crippen molar-refractivity contribution in [3.8, 4) is 0 Å². The normalized spacial score (nSPS) is 10.0. The van der Waals surface area contributed by atoms with Crippen LogP contribution in [0.5, 0.6) is 0 Å². The van der Waals surface area contributed by atoms with Crippen molar-refractivity contribution in [3.05, 3.63) is 65.5 Å². The summed E-state index contributed by atoms with van der Waals surface area (Å²) < 4.78 is 12.7. The van der Waals surface area contributed by atoms with E-state index < -0.39 is 0 Å². The van der Waals surface area contributed by atoms with Gasteiger partial charge in [0.1, 0.15) is 5.82 Å². The van der Waals surface area contributed by atoms with Gasteiger partial charge in [-0.1, -0.05) is 24.3 Å². The highest BCUT2D eigenvalue weighted by atomic mass is 35.5. The molecule has 0 atom stereocenters. The van der Waals surface area contributed by atoms with Gasteiger partial charge in [-0.15, -0.1) is 24.2 Å². The van der Waals surface area contributed by atoms with Crippen molar-refractivity contribution in [2.45, 2.75) is 18.0 Å². The lowest BCUT2D eigenvalue weighted by molar-refractivity contribution is 0.625. The highest BCUT2D eigenvalue weighted by molar-refractivity contribution is 7.98. The van der Waals surface area contributed by atoms with Gasteiger partial charge >= 0.3 is 0 Å². The fraction of sp³-hybridized carbons (Fsp3) is 0.200. The number of rotatable bonds is 5. The van der Waals surface area contributed by atoms with E-state index in [1.165, 1.54) is 22.6 Å². The Morgan fingerprint density at radius 3 is 1.84 bits per heavy atom. The van der Waals surface area contributed by atoms with Crippen molar-refractivity contribution in [2.24, 2.45) is 0 Å². The lowest BCUT2D eigenvalue weighted by Crippen LogP contribution is -2.12. The van der Waals surface area contributed by atoms with Crippen molar-refractivity contribution < 1.29 is 4.39 Å². The molecule has 0 radical (unpaired) electrons. The molecule has 4 heteroatoms. The Kier molecular flexibility index (Phi) is 6.92. The van der Waals surface area contributed by atoms with Crippen LogP contribution in [0.3, 0.4) is 0 Å². The molecule has 2 aromatic rings. The smallest absolute Gasteiger partial charge is 0.123 e. The Morgan fingerprint density at radius 1 is 0.895 bits per heavy atom. The minimum absolute atomic E-state index is 0. The second-order valence-electron chi connectivity index (χ2n) is 4.08. The van der Waals surface area contributed by atoms with Gasteiger partial charge in [0.05, 0.1) is 0 Å². The maximum atomic E-state index is 12.7. The van der Waals surface area contributed by atoms with Gasteiger partial charge in [-0.05, 0) is 41.6 Å². The van der Waals surface area contributed by atoms with Crippen LogP contribution >= 0.6 is 24.2 Å². The van der Waals surface area contributed by atoms with Gasteiger partial charge in [0.25, 0.3) is 0 Å². The van der Waals surface area contributed by atoms with E-state index in [2.05, 4.69) is 35.8 Å². The molecular formula is C15H17ClFNS. The number of nitrogens with one attached hydrogen (secondary N) is 1. The van der Waals surface area contributed by atoms with Crippen LogP contribution in [0.25, 0.3) is 0 Å². The zero-order valence-electron chi connectivity index (χ0n) is 10.7. The van der Waals surface area contributed by atoms with E-state index in [-0.39, 0.29) is 18.2 Å². The first kappa shape index (κ1) is 16.0. The summed E-state index contributed by atoms with van der Waals surface area (Å²) in [5.41, 5.74) is 2.35. The van der Waals surface area contributed by atoms with Crippen molar-refractivity contribution in [2.75, 3.05) is 6.26 Å². The molecule has 0 aliphatic carbocycles. The van der Waals surface area contributed by atoms with Gasteiger partial charge in [0.15, 0.2) is 0 Å². The third kappa shape index (κ3) is 5.23. The molecule has 1 nitrogen and oxygen atoms in total. The number of hydrogen-bond acceptors (Lipinski definition) is 2. The van der Waals surface area contributed by atoms with Crippen molar-refractivity contribution >= 4 is 24.2 Å². The van der Waals surface area contributed by atoms with Crippen molar-refractivity contribution in [1.29, 1.82) is 0 Å². The van der Waals surface area contributed by atoms with Gasteiger partial charge in [0, 0.05) is 18.0 Å².